The first-order chi connectivity index (χ1) is 8.71. The fourth-order valence-electron chi connectivity index (χ4n) is 3.42. The number of hydrogen-bond donors (Lipinski definition) is 0. The fourth-order valence-corrected chi connectivity index (χ4v) is 4.73. The van der Waals surface area contributed by atoms with E-state index in [2.05, 4.69) is 22.0 Å². The molecule has 98 valence electrons. The Kier molecular flexibility index (Phi) is 3.70. The Hall–Kier alpha value is -0.0500. The van der Waals surface area contributed by atoms with Gasteiger partial charge in [0.25, 0.3) is 0 Å². The monoisotopic (exact) mass is 328 g/mol. The van der Waals surface area contributed by atoms with Crippen LogP contribution in [0, 0.1) is 5.41 Å². The van der Waals surface area contributed by atoms with E-state index in [0.29, 0.717) is 23.0 Å². The van der Waals surface area contributed by atoms with Gasteiger partial charge in [-0.3, -0.25) is 0 Å². The molecule has 1 nitrogen and oxygen atoms in total. The number of ether oxygens (including phenoxy) is 1. The zero-order valence-corrected chi connectivity index (χ0v) is 12.7. The Morgan fingerprint density at radius 2 is 2.11 bits per heavy atom. The van der Waals surface area contributed by atoms with Gasteiger partial charge < -0.3 is 4.74 Å². The van der Waals surface area contributed by atoms with Crippen molar-refractivity contribution < 1.29 is 4.74 Å². The number of rotatable bonds is 3. The maximum Gasteiger partial charge on any atom is 0.0721 e. The summed E-state index contributed by atoms with van der Waals surface area (Å²) in [5, 5.41) is 0.790. The Balaban J connectivity index is 1.61. The minimum Gasteiger partial charge on any atom is -0.373 e. The molecule has 0 bridgehead atoms. The molecule has 3 rings (SSSR count). The first-order valence-electron chi connectivity index (χ1n) is 6.71. The number of halogens is 2. The van der Waals surface area contributed by atoms with Gasteiger partial charge in [-0.25, -0.2) is 0 Å². The summed E-state index contributed by atoms with van der Waals surface area (Å²) in [5.41, 5.74) is 1.60. The summed E-state index contributed by atoms with van der Waals surface area (Å²) >= 11 is 9.81. The molecule has 2 unspecified atom stereocenters. The first kappa shape index (κ1) is 13.0. The van der Waals surface area contributed by atoms with E-state index < -0.39 is 0 Å². The number of hydrogen-bond acceptors (Lipinski definition) is 1. The van der Waals surface area contributed by atoms with Crippen LogP contribution in [-0.2, 0) is 11.3 Å². The summed E-state index contributed by atoms with van der Waals surface area (Å²) < 4.78 is 6.14. The zero-order valence-electron chi connectivity index (χ0n) is 10.4. The summed E-state index contributed by atoms with van der Waals surface area (Å²) in [7, 11) is 0. The summed E-state index contributed by atoms with van der Waals surface area (Å²) in [4.78, 5) is 0.664. The summed E-state index contributed by atoms with van der Waals surface area (Å²) in [6, 6.07) is 7.96. The van der Waals surface area contributed by atoms with E-state index in [0.717, 1.165) is 11.4 Å². The van der Waals surface area contributed by atoms with E-state index in [1.807, 2.05) is 18.2 Å². The van der Waals surface area contributed by atoms with Gasteiger partial charge in [-0.2, -0.15) is 0 Å². The van der Waals surface area contributed by atoms with E-state index in [4.69, 9.17) is 16.3 Å². The molecule has 0 aromatic heterocycles. The van der Waals surface area contributed by atoms with Crippen molar-refractivity contribution in [1.82, 2.24) is 0 Å². The molecule has 3 heteroatoms. The lowest BCUT2D eigenvalue weighted by Gasteiger charge is -2.51. The smallest absolute Gasteiger partial charge is 0.0721 e. The van der Waals surface area contributed by atoms with Crippen molar-refractivity contribution in [2.75, 3.05) is 0 Å². The van der Waals surface area contributed by atoms with Crippen molar-refractivity contribution in [2.45, 2.75) is 49.6 Å². The highest BCUT2D eigenvalue weighted by atomic mass is 79.9. The lowest BCUT2D eigenvalue weighted by molar-refractivity contribution is -0.108. The van der Waals surface area contributed by atoms with Gasteiger partial charge in [-0.15, -0.1) is 0 Å². The maximum atomic E-state index is 6.14. The van der Waals surface area contributed by atoms with Crippen molar-refractivity contribution >= 4 is 27.5 Å². The number of benzene rings is 1. The van der Waals surface area contributed by atoms with Gasteiger partial charge in [0, 0.05) is 15.3 Å². The van der Waals surface area contributed by atoms with Gasteiger partial charge in [0.05, 0.1) is 12.7 Å². The molecule has 0 aliphatic heterocycles. The second kappa shape index (κ2) is 5.15. The van der Waals surface area contributed by atoms with Crippen molar-refractivity contribution in [3.63, 3.8) is 0 Å². The third kappa shape index (κ3) is 2.23. The predicted octanol–water partition coefficient (Wildman–Crippen LogP) is 4.95. The highest BCUT2D eigenvalue weighted by Crippen LogP contribution is 2.57. The summed E-state index contributed by atoms with van der Waals surface area (Å²) in [6.07, 6.45) is 6.95. The largest absolute Gasteiger partial charge is 0.373 e. The third-order valence-corrected chi connectivity index (χ3v) is 6.08. The molecule has 0 saturated heterocycles. The van der Waals surface area contributed by atoms with Crippen molar-refractivity contribution in [2.24, 2.45) is 5.41 Å². The van der Waals surface area contributed by atoms with Crippen LogP contribution in [0.2, 0.25) is 5.02 Å². The molecule has 2 fully saturated rings. The average molecular weight is 330 g/mol. The normalized spacial score (nSPS) is 29.4. The molecule has 2 aliphatic rings. The Labute approximate surface area is 122 Å². The molecule has 1 spiro atoms. The Morgan fingerprint density at radius 1 is 1.33 bits per heavy atom. The topological polar surface area (TPSA) is 9.23 Å². The summed E-state index contributed by atoms with van der Waals surface area (Å²) in [6.45, 7) is 0.687. The van der Waals surface area contributed by atoms with Gasteiger partial charge >= 0.3 is 0 Å². The fraction of sp³-hybridized carbons (Fsp3) is 0.600. The van der Waals surface area contributed by atoms with Crippen LogP contribution >= 0.6 is 27.5 Å². The molecule has 0 amide bonds. The average Bonchev–Trinajstić information content (AvgIpc) is 2.86. The quantitative estimate of drug-likeness (QED) is 0.713. The highest BCUT2D eigenvalue weighted by Gasteiger charge is 2.55. The standard InChI is InChI=1S/C15H18BrClO/c16-13-9-14(15(13)6-1-2-7-15)18-10-11-4-3-5-12(17)8-11/h3-5,8,13-14H,1-2,6-7,9-10H2. The third-order valence-electron chi connectivity index (χ3n) is 4.56. The van der Waals surface area contributed by atoms with Crippen molar-refractivity contribution in [3.8, 4) is 0 Å². The molecule has 1 aromatic carbocycles. The second-order valence-corrected chi connectivity index (χ2v) is 7.11. The second-order valence-electron chi connectivity index (χ2n) is 5.57. The van der Waals surface area contributed by atoms with Crippen LogP contribution in [-0.4, -0.2) is 10.9 Å². The summed E-state index contributed by atoms with van der Waals surface area (Å²) in [5.74, 6) is 0. The molecule has 0 heterocycles. The molecule has 1 aromatic rings. The van der Waals surface area contributed by atoms with Crippen LogP contribution < -0.4 is 0 Å². The maximum absolute atomic E-state index is 6.14. The molecule has 2 atom stereocenters. The van der Waals surface area contributed by atoms with Crippen LogP contribution in [0.3, 0.4) is 0 Å². The van der Waals surface area contributed by atoms with Crippen LogP contribution in [0.4, 0.5) is 0 Å². The van der Waals surface area contributed by atoms with E-state index in [-0.39, 0.29) is 0 Å². The van der Waals surface area contributed by atoms with Crippen LogP contribution in [0.25, 0.3) is 0 Å². The molecular formula is C15H18BrClO. The SMILES string of the molecule is Clc1cccc(COC2CC(Br)C23CCCC3)c1. The molecule has 2 saturated carbocycles. The van der Waals surface area contributed by atoms with Crippen molar-refractivity contribution in [3.05, 3.63) is 34.9 Å². The van der Waals surface area contributed by atoms with E-state index in [1.165, 1.54) is 31.2 Å². The predicted molar refractivity (Wildman–Crippen MR) is 78.3 cm³/mol. The van der Waals surface area contributed by atoms with Gasteiger partial charge in [0.2, 0.25) is 0 Å². The zero-order chi connectivity index (χ0) is 12.6. The minimum atomic E-state index is 0.429. The Morgan fingerprint density at radius 3 is 2.78 bits per heavy atom. The van der Waals surface area contributed by atoms with Gasteiger partial charge in [-0.1, -0.05) is 52.5 Å². The van der Waals surface area contributed by atoms with Crippen LogP contribution in [0.1, 0.15) is 37.7 Å². The lowest BCUT2D eigenvalue weighted by Crippen LogP contribution is -2.53. The first-order valence-corrected chi connectivity index (χ1v) is 8.00. The molecule has 0 N–H and O–H groups in total. The molecule has 2 aliphatic carbocycles. The van der Waals surface area contributed by atoms with Gasteiger partial charge in [0.1, 0.15) is 0 Å². The van der Waals surface area contributed by atoms with Gasteiger partial charge in [0.15, 0.2) is 0 Å². The number of alkyl halides is 1. The van der Waals surface area contributed by atoms with E-state index in [1.54, 1.807) is 0 Å². The lowest BCUT2D eigenvalue weighted by atomic mass is 9.64. The molecule has 0 radical (unpaired) electrons. The highest BCUT2D eigenvalue weighted by molar-refractivity contribution is 9.09. The van der Waals surface area contributed by atoms with Crippen LogP contribution in [0.15, 0.2) is 24.3 Å². The minimum absolute atomic E-state index is 0.429. The Bertz CT molecular complexity index is 428. The molecular weight excluding hydrogens is 312 g/mol. The van der Waals surface area contributed by atoms with E-state index in [9.17, 15) is 0 Å². The van der Waals surface area contributed by atoms with Crippen molar-refractivity contribution in [1.29, 1.82) is 0 Å². The van der Waals surface area contributed by atoms with Gasteiger partial charge in [-0.05, 0) is 37.0 Å². The molecule has 18 heavy (non-hydrogen) atoms. The van der Waals surface area contributed by atoms with E-state index >= 15 is 0 Å². The van der Waals surface area contributed by atoms with Crippen LogP contribution in [0.5, 0.6) is 0 Å².